The number of nitrogens with one attached hydrogen (secondary N) is 1. The molecule has 10 atom stereocenters. The van der Waals surface area contributed by atoms with Gasteiger partial charge in [0.05, 0.1) is 11.5 Å². The molecule has 5 saturated carbocycles. The van der Waals surface area contributed by atoms with Gasteiger partial charge in [0.25, 0.3) is 0 Å². The van der Waals surface area contributed by atoms with Crippen molar-refractivity contribution in [2.24, 2.45) is 46.3 Å². The molecule has 0 aliphatic heterocycles. The van der Waals surface area contributed by atoms with E-state index in [2.05, 4.69) is 78.7 Å². The van der Waals surface area contributed by atoms with E-state index in [0.717, 1.165) is 52.6 Å². The lowest BCUT2D eigenvalue weighted by molar-refractivity contribution is 0.0563. The van der Waals surface area contributed by atoms with Crippen molar-refractivity contribution < 1.29 is 0 Å². The summed E-state index contributed by atoms with van der Waals surface area (Å²) in [5, 5.41) is 13.8. The van der Waals surface area contributed by atoms with Crippen LogP contribution < -0.4 is 5.32 Å². The summed E-state index contributed by atoms with van der Waals surface area (Å²) in [6, 6.07) is 3.24. The monoisotopic (exact) mass is 610 g/mol. The van der Waals surface area contributed by atoms with Gasteiger partial charge in [-0.2, -0.15) is 5.26 Å². The van der Waals surface area contributed by atoms with E-state index < -0.39 is 0 Å². The van der Waals surface area contributed by atoms with Gasteiger partial charge in [-0.05, 0) is 124 Å². The van der Waals surface area contributed by atoms with Gasteiger partial charge in [0.15, 0.2) is 0 Å². The minimum atomic E-state index is -0.0191. The number of fused-ring (bicyclic) bond motifs is 2. The maximum Gasteiger partial charge on any atom is 0.0690 e. The molecule has 0 aromatic carbocycles. The van der Waals surface area contributed by atoms with Crippen LogP contribution in [0.1, 0.15) is 97.3 Å². The van der Waals surface area contributed by atoms with E-state index in [0.29, 0.717) is 23.3 Å². The molecule has 0 radical (unpaired) electrons. The molecular formula is C34H47IN2. The van der Waals surface area contributed by atoms with Gasteiger partial charge in [-0.25, -0.2) is 0 Å². The first-order valence-corrected chi connectivity index (χ1v) is 16.6. The number of nitriles is 1. The SMILES string of the molecule is C=C(N[C@@H]1C[C@H]2CC3(C#N)CC2CC1C3)C1=CC=CCC(C2CCCC(C)(C3CCC(I)C(C)C3)C2)=C1. The molecule has 0 amide bonds. The van der Waals surface area contributed by atoms with E-state index in [4.69, 9.17) is 0 Å². The second-order valence-electron chi connectivity index (χ2n) is 14.4. The summed E-state index contributed by atoms with van der Waals surface area (Å²) in [6.07, 6.45) is 26.3. The van der Waals surface area contributed by atoms with Crippen molar-refractivity contribution >= 4 is 22.6 Å². The molecule has 0 saturated heterocycles. The lowest BCUT2D eigenvalue weighted by atomic mass is 9.58. The fraction of sp³-hybridized carbons (Fsp3) is 0.735. The van der Waals surface area contributed by atoms with E-state index in [1.54, 1.807) is 5.57 Å². The van der Waals surface area contributed by atoms with Crippen LogP contribution in [0.5, 0.6) is 0 Å². The molecule has 37 heavy (non-hydrogen) atoms. The summed E-state index contributed by atoms with van der Waals surface area (Å²) in [5.41, 5.74) is 4.51. The Balaban J connectivity index is 1.14. The Kier molecular flexibility index (Phi) is 7.21. The third-order valence-electron chi connectivity index (χ3n) is 12.0. The van der Waals surface area contributed by atoms with Gasteiger partial charge in [0.2, 0.25) is 0 Å². The Labute approximate surface area is 239 Å². The van der Waals surface area contributed by atoms with E-state index in [1.165, 1.54) is 69.8 Å². The van der Waals surface area contributed by atoms with Gasteiger partial charge in [-0.15, -0.1) is 0 Å². The van der Waals surface area contributed by atoms with E-state index in [9.17, 15) is 5.26 Å². The van der Waals surface area contributed by atoms with Gasteiger partial charge >= 0.3 is 0 Å². The summed E-state index contributed by atoms with van der Waals surface area (Å²) in [6.45, 7) is 9.69. The quantitative estimate of drug-likeness (QED) is 0.249. The lowest BCUT2D eigenvalue weighted by Crippen LogP contribution is -2.44. The maximum atomic E-state index is 9.92. The first kappa shape index (κ1) is 26.2. The summed E-state index contributed by atoms with van der Waals surface area (Å²) in [5.74, 6) is 4.65. The van der Waals surface area contributed by atoms with Crippen molar-refractivity contribution in [2.45, 2.75) is 107 Å². The molecular weight excluding hydrogens is 563 g/mol. The molecule has 6 rings (SSSR count). The molecule has 0 heterocycles. The van der Waals surface area contributed by atoms with Crippen LogP contribution in [0.25, 0.3) is 0 Å². The molecule has 3 bridgehead atoms. The Morgan fingerprint density at radius 2 is 1.86 bits per heavy atom. The van der Waals surface area contributed by atoms with E-state index in [1.807, 2.05) is 0 Å². The molecule has 3 heteroatoms. The first-order valence-electron chi connectivity index (χ1n) is 15.4. The number of alkyl halides is 1. The van der Waals surface area contributed by atoms with Crippen LogP contribution in [0.3, 0.4) is 0 Å². The van der Waals surface area contributed by atoms with Crippen LogP contribution in [-0.2, 0) is 0 Å². The second kappa shape index (κ2) is 10.2. The molecule has 0 aromatic rings. The van der Waals surface area contributed by atoms with Gasteiger partial charge in [0, 0.05) is 15.7 Å². The molecule has 5 fully saturated rings. The molecule has 0 aromatic heterocycles. The Hall–Kier alpha value is -1.02. The van der Waals surface area contributed by atoms with Crippen LogP contribution in [0, 0.1) is 57.7 Å². The molecule has 6 aliphatic rings. The highest BCUT2D eigenvalue weighted by atomic mass is 127. The van der Waals surface area contributed by atoms with E-state index >= 15 is 0 Å². The molecule has 200 valence electrons. The Morgan fingerprint density at radius 1 is 1.08 bits per heavy atom. The van der Waals surface area contributed by atoms with Crippen molar-refractivity contribution in [2.75, 3.05) is 0 Å². The van der Waals surface area contributed by atoms with Gasteiger partial charge < -0.3 is 5.32 Å². The fourth-order valence-corrected chi connectivity index (χ4v) is 10.6. The third-order valence-corrected chi connectivity index (χ3v) is 13.8. The van der Waals surface area contributed by atoms with Crippen LogP contribution in [0.4, 0.5) is 0 Å². The summed E-state index contributed by atoms with van der Waals surface area (Å²) in [7, 11) is 0. The number of rotatable bonds is 5. The minimum Gasteiger partial charge on any atom is -0.382 e. The number of nitrogens with zero attached hydrogens (tertiary/aromatic N) is 1. The van der Waals surface area contributed by atoms with Crippen LogP contribution >= 0.6 is 22.6 Å². The first-order chi connectivity index (χ1) is 17.8. The van der Waals surface area contributed by atoms with Gasteiger partial charge in [-0.3, -0.25) is 0 Å². The number of allylic oxidation sites excluding steroid dienone is 5. The van der Waals surface area contributed by atoms with Crippen molar-refractivity contribution in [3.05, 3.63) is 47.7 Å². The normalized spacial score (nSPS) is 47.0. The van der Waals surface area contributed by atoms with Crippen molar-refractivity contribution in [1.29, 1.82) is 5.26 Å². The van der Waals surface area contributed by atoms with Gasteiger partial charge in [-0.1, -0.05) is 79.3 Å². The average molecular weight is 611 g/mol. The predicted molar refractivity (Wildman–Crippen MR) is 162 cm³/mol. The zero-order chi connectivity index (χ0) is 25.8. The lowest BCUT2D eigenvalue weighted by Gasteiger charge is -2.48. The van der Waals surface area contributed by atoms with Crippen molar-refractivity contribution in [3.8, 4) is 6.07 Å². The zero-order valence-corrected chi connectivity index (χ0v) is 25.3. The number of hydrogen-bond donors (Lipinski definition) is 1. The van der Waals surface area contributed by atoms with E-state index in [-0.39, 0.29) is 5.41 Å². The topological polar surface area (TPSA) is 35.8 Å². The van der Waals surface area contributed by atoms with Crippen molar-refractivity contribution in [1.82, 2.24) is 5.32 Å². The van der Waals surface area contributed by atoms with Gasteiger partial charge in [0.1, 0.15) is 0 Å². The minimum absolute atomic E-state index is 0.0191. The maximum absolute atomic E-state index is 9.92. The predicted octanol–water partition coefficient (Wildman–Crippen LogP) is 9.06. The highest BCUT2D eigenvalue weighted by Gasteiger charge is 2.56. The fourth-order valence-electron chi connectivity index (χ4n) is 9.91. The number of hydrogen-bond acceptors (Lipinski definition) is 2. The van der Waals surface area contributed by atoms with Crippen LogP contribution in [0.2, 0.25) is 0 Å². The largest absolute Gasteiger partial charge is 0.382 e. The highest BCUT2D eigenvalue weighted by molar-refractivity contribution is 14.1. The molecule has 2 nitrogen and oxygen atoms in total. The van der Waals surface area contributed by atoms with Crippen molar-refractivity contribution in [3.63, 3.8) is 0 Å². The molecule has 6 aliphatic carbocycles. The number of halogens is 1. The highest BCUT2D eigenvalue weighted by Crippen LogP contribution is 2.61. The molecule has 0 spiro atoms. The smallest absolute Gasteiger partial charge is 0.0690 e. The molecule has 1 N–H and O–H groups in total. The average Bonchev–Trinajstić information content (AvgIpc) is 3.05. The standard InChI is InChI=1S/C34H47IN2/c1-22-13-30(10-11-31(22)35)33(3)12-6-9-26(17-33)25-8-5-4-7-24(14-25)23(2)37-32-16-28-19-34(21-36)18-27(28)15-29(32)20-34/h4-5,7,14,22,26-32,37H,2,6,8-13,15-20H2,1,3H3/t22?,26?,27?,28-,29?,30?,31?,32+,33?,34?/m0/s1. The second-order valence-corrected chi connectivity index (χ2v) is 16.0. The molecule has 8 unspecified atom stereocenters. The summed E-state index contributed by atoms with van der Waals surface area (Å²) < 4.78 is 0.873. The summed E-state index contributed by atoms with van der Waals surface area (Å²) >= 11 is 2.70. The third kappa shape index (κ3) is 5.03. The van der Waals surface area contributed by atoms with Crippen LogP contribution in [-0.4, -0.2) is 9.97 Å². The Bertz CT molecular complexity index is 1050. The zero-order valence-electron chi connectivity index (χ0n) is 23.2. The Morgan fingerprint density at radius 3 is 2.65 bits per heavy atom. The summed E-state index contributed by atoms with van der Waals surface area (Å²) in [4.78, 5) is 0. The van der Waals surface area contributed by atoms with Crippen LogP contribution in [0.15, 0.2) is 47.7 Å².